The van der Waals surface area contributed by atoms with Crippen molar-refractivity contribution in [1.82, 2.24) is 19.6 Å². The van der Waals surface area contributed by atoms with E-state index in [1.165, 1.54) is 11.5 Å². The molecule has 3 N–H and O–H groups in total. The van der Waals surface area contributed by atoms with E-state index in [1.807, 2.05) is 19.1 Å². The van der Waals surface area contributed by atoms with Crippen molar-refractivity contribution in [2.45, 2.75) is 13.5 Å². The van der Waals surface area contributed by atoms with Crippen LogP contribution in [0.4, 0.5) is 10.7 Å². The molecule has 128 valence electrons. The lowest BCUT2D eigenvalue weighted by atomic mass is 10.2. The van der Waals surface area contributed by atoms with Gasteiger partial charge in [-0.15, -0.1) is 0 Å². The first-order valence-corrected chi connectivity index (χ1v) is 8.72. The number of piperazine rings is 1. The van der Waals surface area contributed by atoms with E-state index >= 15 is 0 Å². The fourth-order valence-electron chi connectivity index (χ4n) is 2.92. The maximum absolute atomic E-state index is 11.7. The number of anilines is 2. The lowest BCUT2D eigenvalue weighted by molar-refractivity contribution is 0.0958. The van der Waals surface area contributed by atoms with Gasteiger partial charge in [-0.3, -0.25) is 9.69 Å². The molecule has 1 amide bonds. The van der Waals surface area contributed by atoms with Gasteiger partial charge in [0, 0.05) is 39.8 Å². The van der Waals surface area contributed by atoms with E-state index in [9.17, 15) is 4.79 Å². The number of aromatic nitrogens is 2. The summed E-state index contributed by atoms with van der Waals surface area (Å²) in [6.45, 7) is 6.59. The van der Waals surface area contributed by atoms with Gasteiger partial charge in [-0.05, 0) is 36.7 Å². The zero-order valence-corrected chi connectivity index (χ0v) is 14.8. The number of amides is 1. The van der Waals surface area contributed by atoms with E-state index in [0.717, 1.165) is 54.8 Å². The Morgan fingerprint density at radius 3 is 2.67 bits per heavy atom. The van der Waals surface area contributed by atoms with Crippen LogP contribution in [0.2, 0.25) is 0 Å². The number of rotatable bonds is 4. The van der Waals surface area contributed by atoms with Gasteiger partial charge in [0.25, 0.3) is 5.91 Å². The maximum atomic E-state index is 11.7. The fraction of sp³-hybridized carbons (Fsp3) is 0.438. The Hall–Kier alpha value is -2.19. The first kappa shape index (κ1) is 16.7. The summed E-state index contributed by atoms with van der Waals surface area (Å²) in [6, 6.07) is 5.72. The molecular formula is C16H22N6OS. The topological polar surface area (TPSA) is 87.4 Å². The zero-order chi connectivity index (χ0) is 17.1. The van der Waals surface area contributed by atoms with Crippen LogP contribution in [0.1, 0.15) is 21.9 Å². The predicted molar refractivity (Wildman–Crippen MR) is 96.4 cm³/mol. The lowest BCUT2D eigenvalue weighted by Gasteiger charge is -2.36. The Morgan fingerprint density at radius 1 is 1.33 bits per heavy atom. The molecule has 3 rings (SSSR count). The smallest absolute Gasteiger partial charge is 0.269 e. The van der Waals surface area contributed by atoms with E-state index in [4.69, 9.17) is 5.73 Å². The molecule has 0 aliphatic carbocycles. The van der Waals surface area contributed by atoms with E-state index in [2.05, 4.69) is 24.5 Å². The molecular weight excluding hydrogens is 324 g/mol. The molecule has 0 saturated carbocycles. The van der Waals surface area contributed by atoms with Crippen molar-refractivity contribution in [3.63, 3.8) is 0 Å². The number of carbonyl (C=O) groups excluding carboxylic acids is 1. The molecule has 0 atom stereocenters. The summed E-state index contributed by atoms with van der Waals surface area (Å²) < 4.78 is 4.35. The minimum absolute atomic E-state index is 0.156. The van der Waals surface area contributed by atoms with Crippen molar-refractivity contribution >= 4 is 28.1 Å². The molecule has 8 heteroatoms. The fourth-order valence-corrected chi connectivity index (χ4v) is 3.44. The van der Waals surface area contributed by atoms with E-state index < -0.39 is 0 Å². The average molecular weight is 346 g/mol. The van der Waals surface area contributed by atoms with Crippen LogP contribution < -0.4 is 16.0 Å². The van der Waals surface area contributed by atoms with Crippen LogP contribution >= 0.6 is 11.5 Å². The largest absolute Gasteiger partial charge is 0.389 e. The number of pyridine rings is 1. The number of nitrogens with one attached hydrogen (secondary N) is 1. The van der Waals surface area contributed by atoms with Gasteiger partial charge >= 0.3 is 0 Å². The molecule has 0 unspecified atom stereocenters. The predicted octanol–water partition coefficient (Wildman–Crippen LogP) is 1.11. The van der Waals surface area contributed by atoms with Crippen molar-refractivity contribution in [3.8, 4) is 0 Å². The van der Waals surface area contributed by atoms with Crippen molar-refractivity contribution < 1.29 is 4.79 Å². The summed E-state index contributed by atoms with van der Waals surface area (Å²) in [5.74, 6) is -0.156. The molecule has 24 heavy (non-hydrogen) atoms. The van der Waals surface area contributed by atoms with Gasteiger partial charge in [-0.1, -0.05) is 0 Å². The number of hydrogen-bond acceptors (Lipinski definition) is 7. The maximum Gasteiger partial charge on any atom is 0.269 e. The van der Waals surface area contributed by atoms with Crippen LogP contribution in [0.25, 0.3) is 0 Å². The molecule has 3 heterocycles. The third-order valence-corrected chi connectivity index (χ3v) is 4.85. The van der Waals surface area contributed by atoms with Gasteiger partial charge in [0.05, 0.1) is 17.1 Å². The zero-order valence-electron chi connectivity index (χ0n) is 14.0. The minimum atomic E-state index is -0.156. The molecule has 2 aromatic heterocycles. The van der Waals surface area contributed by atoms with E-state index in [1.54, 1.807) is 13.1 Å². The molecule has 1 fully saturated rings. The first-order chi connectivity index (χ1) is 11.6. The van der Waals surface area contributed by atoms with Crippen molar-refractivity contribution in [2.24, 2.45) is 0 Å². The lowest BCUT2D eigenvalue weighted by Crippen LogP contribution is -2.46. The first-order valence-electron chi connectivity index (χ1n) is 7.95. The van der Waals surface area contributed by atoms with Gasteiger partial charge < -0.3 is 16.0 Å². The summed E-state index contributed by atoms with van der Waals surface area (Å²) in [4.78, 5) is 20.8. The van der Waals surface area contributed by atoms with E-state index in [0.29, 0.717) is 5.69 Å². The number of nitrogen functional groups attached to an aromatic ring is 1. The number of nitrogens with two attached hydrogens (primary N) is 1. The molecule has 0 radical (unpaired) electrons. The number of carbonyl (C=O) groups is 1. The van der Waals surface area contributed by atoms with Gasteiger partial charge in [-0.25, -0.2) is 4.98 Å². The Balaban J connectivity index is 1.61. The molecule has 1 aliphatic heterocycles. The van der Waals surface area contributed by atoms with Crippen molar-refractivity contribution in [1.29, 1.82) is 0 Å². The highest BCUT2D eigenvalue weighted by molar-refractivity contribution is 7.10. The SMILES string of the molecule is CNC(=O)c1ccc(N2CCN(Cc3cc(N)sn3)CC2)c(C)n1. The van der Waals surface area contributed by atoms with Gasteiger partial charge in [-0.2, -0.15) is 4.37 Å². The molecule has 0 spiro atoms. The summed E-state index contributed by atoms with van der Waals surface area (Å²) >= 11 is 1.35. The van der Waals surface area contributed by atoms with Crippen LogP contribution in [-0.2, 0) is 6.54 Å². The molecule has 7 nitrogen and oxygen atoms in total. The van der Waals surface area contributed by atoms with Crippen molar-refractivity contribution in [3.05, 3.63) is 35.3 Å². The normalized spacial score (nSPS) is 15.5. The Labute approximate surface area is 145 Å². The highest BCUT2D eigenvalue weighted by Gasteiger charge is 2.20. The molecule has 0 bridgehead atoms. The summed E-state index contributed by atoms with van der Waals surface area (Å²) in [5, 5.41) is 3.37. The Morgan fingerprint density at radius 2 is 2.08 bits per heavy atom. The van der Waals surface area contributed by atoms with Crippen LogP contribution in [-0.4, -0.2) is 53.4 Å². The minimum Gasteiger partial charge on any atom is -0.389 e. The molecule has 2 aromatic rings. The Bertz CT molecular complexity index is 723. The summed E-state index contributed by atoms with van der Waals surface area (Å²) in [5.41, 5.74) is 9.22. The number of aryl methyl sites for hydroxylation is 1. The summed E-state index contributed by atoms with van der Waals surface area (Å²) in [7, 11) is 1.61. The highest BCUT2D eigenvalue weighted by atomic mass is 32.1. The molecule has 0 aromatic carbocycles. The molecule has 1 aliphatic rings. The van der Waals surface area contributed by atoms with E-state index in [-0.39, 0.29) is 5.91 Å². The second-order valence-corrected chi connectivity index (χ2v) is 6.70. The van der Waals surface area contributed by atoms with Gasteiger partial charge in [0.15, 0.2) is 0 Å². The van der Waals surface area contributed by atoms with Crippen LogP contribution in [0, 0.1) is 6.92 Å². The van der Waals surface area contributed by atoms with Gasteiger partial charge in [0.2, 0.25) is 0 Å². The molecule has 1 saturated heterocycles. The quantitative estimate of drug-likeness (QED) is 0.862. The van der Waals surface area contributed by atoms with Crippen LogP contribution in [0.5, 0.6) is 0 Å². The second-order valence-electron chi connectivity index (χ2n) is 5.86. The highest BCUT2D eigenvalue weighted by Crippen LogP contribution is 2.21. The third kappa shape index (κ3) is 3.65. The van der Waals surface area contributed by atoms with Crippen LogP contribution in [0.3, 0.4) is 0 Å². The third-order valence-electron chi connectivity index (χ3n) is 4.19. The Kier molecular flexibility index (Phi) is 4.96. The average Bonchev–Trinajstić information content (AvgIpc) is 3.00. The standard InChI is InChI=1S/C16H22N6OS/c1-11-14(4-3-13(19-11)16(23)18-2)22-7-5-21(6-8-22)10-12-9-15(17)24-20-12/h3-4,9H,5-8,10,17H2,1-2H3,(H,18,23). The monoisotopic (exact) mass is 346 g/mol. The number of hydrogen-bond donors (Lipinski definition) is 2. The summed E-state index contributed by atoms with van der Waals surface area (Å²) in [6.07, 6.45) is 0. The number of nitrogens with zero attached hydrogens (tertiary/aromatic N) is 4. The van der Waals surface area contributed by atoms with Crippen LogP contribution in [0.15, 0.2) is 18.2 Å². The second kappa shape index (κ2) is 7.14. The van der Waals surface area contributed by atoms with Crippen molar-refractivity contribution in [2.75, 3.05) is 43.9 Å². The van der Waals surface area contributed by atoms with Gasteiger partial charge in [0.1, 0.15) is 10.7 Å².